The molecule has 1 unspecified atom stereocenters. The van der Waals surface area contributed by atoms with Crippen LogP contribution in [0.15, 0.2) is 22.7 Å². The molecule has 16 heavy (non-hydrogen) atoms. The quantitative estimate of drug-likeness (QED) is 0.842. The molecule has 0 aromatic heterocycles. The Kier molecular flexibility index (Phi) is 6.03. The van der Waals surface area contributed by atoms with Crippen LogP contribution in [0.1, 0.15) is 30.9 Å². The van der Waals surface area contributed by atoms with Gasteiger partial charge in [0.15, 0.2) is 0 Å². The minimum absolute atomic E-state index is 0.228. The Labute approximate surface area is 106 Å². The summed E-state index contributed by atoms with van der Waals surface area (Å²) >= 11 is 3.54. The fraction of sp³-hybridized carbons (Fsp3) is 0.538. The molecule has 2 nitrogen and oxygen atoms in total. The van der Waals surface area contributed by atoms with E-state index in [-0.39, 0.29) is 6.10 Å². The molecular weight excluding hydrogens is 266 g/mol. The molecule has 1 rings (SSSR count). The molecule has 90 valence electrons. The predicted octanol–water partition coefficient (Wildman–Crippen LogP) is 3.01. The molecule has 3 heteroatoms. The van der Waals surface area contributed by atoms with Gasteiger partial charge < -0.3 is 10.4 Å². The summed E-state index contributed by atoms with van der Waals surface area (Å²) in [6.45, 7) is 5.61. The van der Waals surface area contributed by atoms with Crippen LogP contribution in [0.3, 0.4) is 0 Å². The second-order valence-corrected chi connectivity index (χ2v) is 5.02. The van der Waals surface area contributed by atoms with Gasteiger partial charge in [-0.2, -0.15) is 0 Å². The fourth-order valence-corrected chi connectivity index (χ4v) is 2.24. The van der Waals surface area contributed by atoms with E-state index in [1.54, 1.807) is 0 Å². The highest BCUT2D eigenvalue weighted by molar-refractivity contribution is 9.10. The molecule has 0 aliphatic carbocycles. The van der Waals surface area contributed by atoms with Gasteiger partial charge in [-0.05, 0) is 30.5 Å². The molecule has 0 bridgehead atoms. The van der Waals surface area contributed by atoms with E-state index in [1.165, 1.54) is 11.1 Å². The number of hydrogen-bond acceptors (Lipinski definition) is 2. The number of aryl methyl sites for hydroxylation is 1. The molecule has 0 fully saturated rings. The molecule has 0 aliphatic rings. The third kappa shape index (κ3) is 4.64. The molecule has 0 heterocycles. The van der Waals surface area contributed by atoms with Crippen molar-refractivity contribution in [3.8, 4) is 0 Å². The van der Waals surface area contributed by atoms with Gasteiger partial charge in [-0.15, -0.1) is 0 Å². The Morgan fingerprint density at radius 2 is 2.19 bits per heavy atom. The number of aliphatic hydroxyl groups excluding tert-OH is 1. The number of halogens is 1. The van der Waals surface area contributed by atoms with Crippen molar-refractivity contribution in [1.29, 1.82) is 0 Å². The Hall–Kier alpha value is -0.380. The maximum atomic E-state index is 9.57. The fourth-order valence-electron chi connectivity index (χ4n) is 1.60. The van der Waals surface area contributed by atoms with Crippen LogP contribution < -0.4 is 5.32 Å². The van der Waals surface area contributed by atoms with Crippen molar-refractivity contribution in [1.82, 2.24) is 5.32 Å². The van der Waals surface area contributed by atoms with Crippen LogP contribution in [-0.4, -0.2) is 17.8 Å². The van der Waals surface area contributed by atoms with Gasteiger partial charge in [0, 0.05) is 17.6 Å². The van der Waals surface area contributed by atoms with Gasteiger partial charge in [0.2, 0.25) is 0 Å². The van der Waals surface area contributed by atoms with Crippen molar-refractivity contribution >= 4 is 15.9 Å². The first kappa shape index (κ1) is 13.7. The minimum atomic E-state index is -0.228. The van der Waals surface area contributed by atoms with Crippen LogP contribution in [0.4, 0.5) is 0 Å². The van der Waals surface area contributed by atoms with E-state index in [0.717, 1.165) is 23.9 Å². The summed E-state index contributed by atoms with van der Waals surface area (Å²) in [5.41, 5.74) is 2.48. The van der Waals surface area contributed by atoms with Crippen LogP contribution in [0, 0.1) is 6.92 Å². The van der Waals surface area contributed by atoms with Gasteiger partial charge in [0.05, 0.1) is 6.10 Å². The highest BCUT2D eigenvalue weighted by Gasteiger charge is 2.03. The van der Waals surface area contributed by atoms with Gasteiger partial charge in [-0.3, -0.25) is 0 Å². The van der Waals surface area contributed by atoms with E-state index in [4.69, 9.17) is 0 Å². The maximum absolute atomic E-state index is 9.57. The van der Waals surface area contributed by atoms with Gasteiger partial charge >= 0.3 is 0 Å². The summed E-state index contributed by atoms with van der Waals surface area (Å²) < 4.78 is 1.13. The first-order chi connectivity index (χ1) is 7.63. The van der Waals surface area contributed by atoms with Crippen LogP contribution >= 0.6 is 15.9 Å². The van der Waals surface area contributed by atoms with Crippen LogP contribution in [-0.2, 0) is 6.54 Å². The molecule has 0 radical (unpaired) electrons. The average Bonchev–Trinajstić information content (AvgIpc) is 2.22. The van der Waals surface area contributed by atoms with Crippen molar-refractivity contribution in [2.75, 3.05) is 6.54 Å². The lowest BCUT2D eigenvalue weighted by atomic mass is 10.1. The topological polar surface area (TPSA) is 32.3 Å². The number of aliphatic hydroxyl groups is 1. The summed E-state index contributed by atoms with van der Waals surface area (Å²) in [4.78, 5) is 0. The zero-order valence-corrected chi connectivity index (χ0v) is 11.5. The third-order valence-electron chi connectivity index (χ3n) is 2.53. The molecule has 1 aromatic carbocycles. The van der Waals surface area contributed by atoms with E-state index in [1.807, 2.05) is 0 Å². The Balaban J connectivity index is 2.37. The first-order valence-electron chi connectivity index (χ1n) is 5.77. The summed E-state index contributed by atoms with van der Waals surface area (Å²) in [6.07, 6.45) is 1.66. The minimum Gasteiger partial charge on any atom is -0.392 e. The summed E-state index contributed by atoms with van der Waals surface area (Å²) in [7, 11) is 0. The lowest BCUT2D eigenvalue weighted by Gasteiger charge is -2.11. The highest BCUT2D eigenvalue weighted by Crippen LogP contribution is 2.17. The monoisotopic (exact) mass is 285 g/mol. The molecule has 2 N–H and O–H groups in total. The maximum Gasteiger partial charge on any atom is 0.0664 e. The summed E-state index contributed by atoms with van der Waals surface area (Å²) in [5, 5.41) is 12.8. The summed E-state index contributed by atoms with van der Waals surface area (Å²) in [6, 6.07) is 6.32. The Bertz CT molecular complexity index is 328. The van der Waals surface area contributed by atoms with E-state index < -0.39 is 0 Å². The van der Waals surface area contributed by atoms with E-state index in [9.17, 15) is 5.11 Å². The van der Waals surface area contributed by atoms with Gasteiger partial charge in [-0.1, -0.05) is 41.4 Å². The van der Waals surface area contributed by atoms with Crippen LogP contribution in [0.2, 0.25) is 0 Å². The Morgan fingerprint density at radius 1 is 1.44 bits per heavy atom. The Morgan fingerprint density at radius 3 is 2.81 bits per heavy atom. The molecule has 0 saturated carbocycles. The number of benzene rings is 1. The van der Waals surface area contributed by atoms with Gasteiger partial charge in [0.1, 0.15) is 0 Å². The predicted molar refractivity (Wildman–Crippen MR) is 71.5 cm³/mol. The first-order valence-corrected chi connectivity index (χ1v) is 6.56. The van der Waals surface area contributed by atoms with E-state index >= 15 is 0 Å². The third-order valence-corrected chi connectivity index (χ3v) is 3.26. The number of nitrogens with one attached hydrogen (secondary N) is 1. The highest BCUT2D eigenvalue weighted by atomic mass is 79.9. The molecule has 0 spiro atoms. The molecule has 1 aromatic rings. The van der Waals surface area contributed by atoms with E-state index in [2.05, 4.69) is 53.3 Å². The summed E-state index contributed by atoms with van der Waals surface area (Å²) in [5.74, 6) is 0. The van der Waals surface area contributed by atoms with Crippen molar-refractivity contribution in [3.63, 3.8) is 0 Å². The lowest BCUT2D eigenvalue weighted by molar-refractivity contribution is 0.160. The molecule has 0 aliphatic heterocycles. The molecular formula is C13H20BrNO. The smallest absolute Gasteiger partial charge is 0.0664 e. The average molecular weight is 286 g/mol. The standard InChI is InChI=1S/C13H20BrNO/c1-3-4-12(16)9-15-8-11-6-5-10(2)7-13(11)14/h5-7,12,15-16H,3-4,8-9H2,1-2H3. The van der Waals surface area contributed by atoms with Crippen LogP contribution in [0.5, 0.6) is 0 Å². The number of rotatable bonds is 6. The van der Waals surface area contributed by atoms with Crippen molar-refractivity contribution < 1.29 is 5.11 Å². The van der Waals surface area contributed by atoms with Crippen molar-refractivity contribution in [3.05, 3.63) is 33.8 Å². The molecule has 0 saturated heterocycles. The van der Waals surface area contributed by atoms with Crippen molar-refractivity contribution in [2.24, 2.45) is 0 Å². The zero-order valence-electron chi connectivity index (χ0n) is 9.96. The lowest BCUT2D eigenvalue weighted by Crippen LogP contribution is -2.26. The van der Waals surface area contributed by atoms with Gasteiger partial charge in [-0.25, -0.2) is 0 Å². The molecule has 0 amide bonds. The molecule has 1 atom stereocenters. The number of hydrogen-bond donors (Lipinski definition) is 2. The van der Waals surface area contributed by atoms with Gasteiger partial charge in [0.25, 0.3) is 0 Å². The largest absolute Gasteiger partial charge is 0.392 e. The second kappa shape index (κ2) is 7.05. The second-order valence-electron chi connectivity index (χ2n) is 4.17. The zero-order chi connectivity index (χ0) is 12.0. The SMILES string of the molecule is CCCC(O)CNCc1ccc(C)cc1Br. The van der Waals surface area contributed by atoms with E-state index in [0.29, 0.717) is 6.54 Å². The normalized spacial score (nSPS) is 12.8. The van der Waals surface area contributed by atoms with Crippen LogP contribution in [0.25, 0.3) is 0 Å². The van der Waals surface area contributed by atoms with Crippen molar-refractivity contribution in [2.45, 2.75) is 39.3 Å².